The minimum absolute atomic E-state index is 0.262. The van der Waals surface area contributed by atoms with Gasteiger partial charge in [-0.25, -0.2) is 0 Å². The molecule has 1 aromatic heterocycles. The molecule has 1 heterocycles. The van der Waals surface area contributed by atoms with E-state index >= 15 is 0 Å². The summed E-state index contributed by atoms with van der Waals surface area (Å²) in [6.07, 6.45) is 0.673. The number of hydrogen-bond acceptors (Lipinski definition) is 2. The highest BCUT2D eigenvalue weighted by Gasteiger charge is 2.29. The van der Waals surface area contributed by atoms with Crippen molar-refractivity contribution in [1.82, 2.24) is 4.57 Å². The summed E-state index contributed by atoms with van der Waals surface area (Å²) in [5.41, 5.74) is 1.04. The third kappa shape index (κ3) is 9.52. The van der Waals surface area contributed by atoms with Crippen LogP contribution in [0, 0.1) is 11.8 Å². The van der Waals surface area contributed by atoms with Gasteiger partial charge in [-0.1, -0.05) is 64.5 Å². The average molecular weight is 435 g/mol. The Kier molecular flexibility index (Phi) is 13.4. The number of benzene rings is 1. The molecule has 1 N–H and O–H groups in total. The zero-order valence-electron chi connectivity index (χ0n) is 19.2. The predicted octanol–water partition coefficient (Wildman–Crippen LogP) is 5.34. The van der Waals surface area contributed by atoms with Crippen LogP contribution in [0.4, 0.5) is 18.9 Å². The Labute approximate surface area is 183 Å². The Morgan fingerprint density at radius 1 is 1.16 bits per heavy atom. The molecular weight excluding hydrogens is 401 g/mol. The SMILES string of the molecule is C=c1cc(C#CCNc2ccccc2OC)n(CC(F)(F)F)/c1=C/C=C\C.CC.CC. The van der Waals surface area contributed by atoms with Crippen molar-refractivity contribution in [3.63, 3.8) is 0 Å². The minimum atomic E-state index is -4.35. The Morgan fingerprint density at radius 3 is 2.39 bits per heavy atom. The lowest BCUT2D eigenvalue weighted by atomic mass is 10.3. The summed E-state index contributed by atoms with van der Waals surface area (Å²) < 4.78 is 45.3. The minimum Gasteiger partial charge on any atom is -0.495 e. The smallest absolute Gasteiger partial charge is 0.406 e. The van der Waals surface area contributed by atoms with Crippen molar-refractivity contribution in [2.45, 2.75) is 47.3 Å². The first-order chi connectivity index (χ1) is 14.9. The first kappa shape index (κ1) is 27.9. The molecule has 31 heavy (non-hydrogen) atoms. The number of halogens is 3. The maximum absolute atomic E-state index is 13.0. The van der Waals surface area contributed by atoms with Crippen LogP contribution in [-0.2, 0) is 6.54 Å². The topological polar surface area (TPSA) is 26.2 Å². The molecule has 0 saturated carbocycles. The van der Waals surface area contributed by atoms with Crippen LogP contribution in [-0.4, -0.2) is 24.4 Å². The van der Waals surface area contributed by atoms with E-state index in [-0.39, 0.29) is 12.2 Å². The fourth-order valence-corrected chi connectivity index (χ4v) is 2.52. The van der Waals surface area contributed by atoms with Crippen LogP contribution in [0.1, 0.15) is 40.3 Å². The molecule has 6 heteroatoms. The second kappa shape index (κ2) is 14.8. The van der Waals surface area contributed by atoms with Gasteiger partial charge in [0.2, 0.25) is 0 Å². The molecule has 0 spiro atoms. The van der Waals surface area contributed by atoms with Crippen LogP contribution >= 0.6 is 0 Å². The van der Waals surface area contributed by atoms with Gasteiger partial charge >= 0.3 is 6.18 Å². The van der Waals surface area contributed by atoms with Crippen molar-refractivity contribution in [2.24, 2.45) is 0 Å². The lowest BCUT2D eigenvalue weighted by Crippen LogP contribution is -2.33. The van der Waals surface area contributed by atoms with E-state index in [1.807, 2.05) is 52.0 Å². The summed E-state index contributed by atoms with van der Waals surface area (Å²) in [4.78, 5) is 0. The van der Waals surface area contributed by atoms with Crippen molar-refractivity contribution in [2.75, 3.05) is 19.0 Å². The second-order valence-electron chi connectivity index (χ2n) is 5.69. The van der Waals surface area contributed by atoms with Crippen molar-refractivity contribution in [3.05, 3.63) is 58.7 Å². The standard InChI is InChI=1S/C21H21F3N2O.2C2H6/c1-4-5-11-19-16(2)14-17(26(19)15-21(22,23)24)9-8-13-25-18-10-6-7-12-20(18)27-3;2*1-2/h4-7,10-12,14,25H,2,13,15H2,1,3H3;2*1-2H3/b5-4-,19-11+;;. The van der Waals surface area contributed by atoms with Gasteiger partial charge in [-0.2, -0.15) is 13.2 Å². The molecule has 0 atom stereocenters. The zero-order valence-corrected chi connectivity index (χ0v) is 19.2. The van der Waals surface area contributed by atoms with E-state index in [0.717, 1.165) is 10.3 Å². The van der Waals surface area contributed by atoms with Crippen LogP contribution in [0.25, 0.3) is 12.7 Å². The van der Waals surface area contributed by atoms with Gasteiger partial charge in [-0.3, -0.25) is 0 Å². The Bertz CT molecular complexity index is 977. The normalized spacial score (nSPS) is 10.9. The van der Waals surface area contributed by atoms with Gasteiger partial charge in [-0.05, 0) is 42.3 Å². The number of nitrogens with zero attached hydrogens (tertiary/aromatic N) is 1. The molecule has 0 unspecified atom stereocenters. The molecule has 0 aliphatic carbocycles. The maximum atomic E-state index is 13.0. The molecule has 0 radical (unpaired) electrons. The molecule has 0 saturated heterocycles. The van der Waals surface area contributed by atoms with E-state index in [9.17, 15) is 13.2 Å². The van der Waals surface area contributed by atoms with E-state index in [4.69, 9.17) is 4.74 Å². The van der Waals surface area contributed by atoms with Gasteiger partial charge in [0.1, 0.15) is 12.3 Å². The Balaban J connectivity index is 0.00000212. The molecule has 0 fully saturated rings. The molecule has 170 valence electrons. The number of anilines is 1. The number of rotatable bonds is 5. The number of allylic oxidation sites excluding steroid dienone is 2. The maximum Gasteiger partial charge on any atom is 0.406 e. The summed E-state index contributed by atoms with van der Waals surface area (Å²) in [6, 6.07) is 8.91. The third-order valence-corrected chi connectivity index (χ3v) is 3.70. The van der Waals surface area contributed by atoms with E-state index in [1.165, 1.54) is 0 Å². The summed E-state index contributed by atoms with van der Waals surface area (Å²) >= 11 is 0. The molecule has 2 aromatic rings. The van der Waals surface area contributed by atoms with Crippen LogP contribution in [0.5, 0.6) is 5.75 Å². The molecular formula is C25H33F3N2O. The molecule has 2 rings (SSSR count). The molecule has 0 aliphatic heterocycles. The molecule has 0 bridgehead atoms. The van der Waals surface area contributed by atoms with Crippen LogP contribution in [0.15, 0.2) is 42.5 Å². The number of ether oxygens (including phenoxy) is 1. The first-order valence-corrected chi connectivity index (χ1v) is 10.3. The van der Waals surface area contributed by atoms with E-state index in [1.54, 1.807) is 38.3 Å². The van der Waals surface area contributed by atoms with Crippen molar-refractivity contribution < 1.29 is 17.9 Å². The predicted molar refractivity (Wildman–Crippen MR) is 126 cm³/mol. The monoisotopic (exact) mass is 434 g/mol. The average Bonchev–Trinajstić information content (AvgIpc) is 3.05. The van der Waals surface area contributed by atoms with Crippen molar-refractivity contribution in [3.8, 4) is 17.6 Å². The van der Waals surface area contributed by atoms with Gasteiger partial charge in [0.25, 0.3) is 0 Å². The van der Waals surface area contributed by atoms with Crippen molar-refractivity contribution in [1.29, 1.82) is 0 Å². The van der Waals surface area contributed by atoms with E-state index in [0.29, 0.717) is 16.3 Å². The van der Waals surface area contributed by atoms with Gasteiger partial charge in [-0.15, -0.1) is 0 Å². The number of aromatic nitrogens is 1. The first-order valence-electron chi connectivity index (χ1n) is 10.3. The molecule has 0 aliphatic rings. The van der Waals surface area contributed by atoms with Gasteiger partial charge < -0.3 is 14.6 Å². The number of methoxy groups -OCH3 is 1. The van der Waals surface area contributed by atoms with Gasteiger partial charge in [0.05, 0.1) is 25.0 Å². The third-order valence-electron chi connectivity index (χ3n) is 3.70. The number of hydrogen-bond donors (Lipinski definition) is 1. The fourth-order valence-electron chi connectivity index (χ4n) is 2.52. The van der Waals surface area contributed by atoms with Gasteiger partial charge in [0.15, 0.2) is 0 Å². The summed E-state index contributed by atoms with van der Waals surface area (Å²) in [7, 11) is 1.56. The Hall–Kier alpha value is -3.07. The highest BCUT2D eigenvalue weighted by atomic mass is 19.4. The Morgan fingerprint density at radius 2 is 1.81 bits per heavy atom. The number of para-hydroxylation sites is 2. The van der Waals surface area contributed by atoms with Crippen LogP contribution in [0.3, 0.4) is 0 Å². The second-order valence-corrected chi connectivity index (χ2v) is 5.69. The zero-order chi connectivity index (χ0) is 23.9. The largest absolute Gasteiger partial charge is 0.495 e. The fraction of sp³-hybridized carbons (Fsp3) is 0.360. The number of alkyl halides is 3. The van der Waals surface area contributed by atoms with E-state index < -0.39 is 12.7 Å². The quantitative estimate of drug-likeness (QED) is 0.643. The summed E-state index contributed by atoms with van der Waals surface area (Å²) in [6.45, 7) is 12.8. The molecule has 1 aromatic carbocycles. The van der Waals surface area contributed by atoms with E-state index in [2.05, 4.69) is 23.7 Å². The highest BCUT2D eigenvalue weighted by molar-refractivity contribution is 5.56. The highest BCUT2D eigenvalue weighted by Crippen LogP contribution is 2.22. The van der Waals surface area contributed by atoms with Gasteiger partial charge in [0, 0.05) is 5.35 Å². The summed E-state index contributed by atoms with van der Waals surface area (Å²) in [5.74, 6) is 6.34. The molecule has 3 nitrogen and oxygen atoms in total. The lowest BCUT2D eigenvalue weighted by molar-refractivity contribution is -0.141. The lowest BCUT2D eigenvalue weighted by Gasteiger charge is -2.10. The molecule has 0 amide bonds. The van der Waals surface area contributed by atoms with Crippen LogP contribution < -0.4 is 20.6 Å². The van der Waals surface area contributed by atoms with Crippen molar-refractivity contribution >= 4 is 18.3 Å². The summed E-state index contributed by atoms with van der Waals surface area (Å²) in [5, 5.41) is 3.99. The number of nitrogens with one attached hydrogen (secondary N) is 1. The van der Waals surface area contributed by atoms with Crippen LogP contribution in [0.2, 0.25) is 0 Å².